The Hall–Kier alpha value is -0.850. The molecule has 126 valence electrons. The molecule has 0 saturated carbocycles. The van der Waals surface area contributed by atoms with E-state index in [-0.39, 0.29) is 29.9 Å². The fourth-order valence-corrected chi connectivity index (χ4v) is 4.30. The smallest absolute Gasteiger partial charge is 0.304 e. The number of alkyl halides is 3. The molecule has 0 radical (unpaired) electrons. The van der Waals surface area contributed by atoms with Gasteiger partial charge in [-0.15, -0.1) is 0 Å². The summed E-state index contributed by atoms with van der Waals surface area (Å²) in [7, 11) is -3.63. The van der Waals surface area contributed by atoms with E-state index in [0.717, 1.165) is 10.9 Å². The molecule has 1 aromatic rings. The molecule has 0 N–H and O–H groups in total. The van der Waals surface area contributed by atoms with Crippen LogP contribution in [0.1, 0.15) is 39.3 Å². The number of halogens is 3. The topological polar surface area (TPSA) is 53.4 Å². The molecule has 1 aliphatic heterocycles. The highest BCUT2D eigenvalue weighted by atomic mass is 31.2. The van der Waals surface area contributed by atoms with Crippen molar-refractivity contribution >= 4 is 12.9 Å². The van der Waals surface area contributed by atoms with Crippen molar-refractivity contribution in [3.8, 4) is 0 Å². The van der Waals surface area contributed by atoms with Crippen LogP contribution in [0, 0.1) is 5.41 Å². The van der Waals surface area contributed by atoms with Crippen molar-refractivity contribution in [3.05, 3.63) is 11.9 Å². The van der Waals surface area contributed by atoms with Crippen LogP contribution in [0.3, 0.4) is 0 Å². The normalized spacial score (nSPS) is 21.3. The lowest BCUT2D eigenvalue weighted by molar-refractivity contribution is -0.142. The van der Waals surface area contributed by atoms with E-state index < -0.39 is 20.3 Å². The zero-order valence-electron chi connectivity index (χ0n) is 13.0. The van der Waals surface area contributed by atoms with E-state index in [1.807, 2.05) is 13.8 Å². The fraction of sp³-hybridized carbons (Fsp3) is 0.769. The van der Waals surface area contributed by atoms with E-state index in [9.17, 15) is 17.7 Å². The average Bonchev–Trinajstić information content (AvgIpc) is 2.76. The van der Waals surface area contributed by atoms with Crippen molar-refractivity contribution in [1.29, 1.82) is 0 Å². The Morgan fingerprint density at radius 1 is 1.36 bits per heavy atom. The fourth-order valence-electron chi connectivity index (χ4n) is 2.05. The maximum Gasteiger partial charge on any atom is 0.408 e. The predicted molar refractivity (Wildman–Crippen MR) is 75.3 cm³/mol. The third kappa shape index (κ3) is 3.91. The molecule has 9 heteroatoms. The molecule has 1 aromatic heterocycles. The third-order valence-electron chi connectivity index (χ3n) is 3.20. The van der Waals surface area contributed by atoms with E-state index in [0.29, 0.717) is 5.69 Å². The highest BCUT2D eigenvalue weighted by Crippen LogP contribution is 2.53. The van der Waals surface area contributed by atoms with Gasteiger partial charge < -0.3 is 9.05 Å². The van der Waals surface area contributed by atoms with E-state index in [1.54, 1.807) is 13.8 Å². The number of nitrogens with zero attached hydrogens (tertiary/aromatic N) is 2. The lowest BCUT2D eigenvalue weighted by Gasteiger charge is -2.34. The minimum Gasteiger partial charge on any atom is -0.304 e. The molecule has 0 aromatic carbocycles. The van der Waals surface area contributed by atoms with E-state index >= 15 is 0 Å². The second-order valence-electron chi connectivity index (χ2n) is 6.58. The van der Waals surface area contributed by atoms with Gasteiger partial charge in [-0.05, 0) is 5.92 Å². The van der Waals surface area contributed by atoms with Gasteiger partial charge >= 0.3 is 13.8 Å². The second kappa shape index (κ2) is 5.65. The van der Waals surface area contributed by atoms with Crippen LogP contribution in [-0.2, 0) is 20.2 Å². The Kier molecular flexibility index (Phi) is 4.50. The van der Waals surface area contributed by atoms with Gasteiger partial charge in [0.25, 0.3) is 0 Å². The molecule has 2 heterocycles. The zero-order valence-corrected chi connectivity index (χ0v) is 13.9. The van der Waals surface area contributed by atoms with Gasteiger partial charge in [0.1, 0.15) is 11.8 Å². The molecule has 22 heavy (non-hydrogen) atoms. The first-order valence-corrected chi connectivity index (χ1v) is 8.50. The highest BCUT2D eigenvalue weighted by molar-refractivity contribution is 7.62. The minimum absolute atomic E-state index is 0.127. The van der Waals surface area contributed by atoms with Crippen molar-refractivity contribution in [3.63, 3.8) is 0 Å². The lowest BCUT2D eigenvalue weighted by atomic mass is 9.97. The molecule has 2 rings (SSSR count). The van der Waals surface area contributed by atoms with Crippen LogP contribution in [0.4, 0.5) is 13.2 Å². The first-order chi connectivity index (χ1) is 9.92. The quantitative estimate of drug-likeness (QED) is 0.791. The summed E-state index contributed by atoms with van der Waals surface area (Å²) in [5, 5.41) is 4.04. The molecular formula is C13H20F3N2O3P. The van der Waals surface area contributed by atoms with Gasteiger partial charge in [-0.25, -0.2) is 0 Å². The average molecular weight is 340 g/mol. The van der Waals surface area contributed by atoms with Crippen LogP contribution >= 0.6 is 7.60 Å². The van der Waals surface area contributed by atoms with Crippen LogP contribution in [0.5, 0.6) is 0 Å². The Morgan fingerprint density at radius 3 is 2.36 bits per heavy atom. The van der Waals surface area contributed by atoms with E-state index in [2.05, 4.69) is 5.10 Å². The molecule has 1 aliphatic rings. The van der Waals surface area contributed by atoms with Crippen molar-refractivity contribution in [2.24, 2.45) is 5.41 Å². The largest absolute Gasteiger partial charge is 0.408 e. The molecule has 5 nitrogen and oxygen atoms in total. The van der Waals surface area contributed by atoms with Gasteiger partial charge in [-0.2, -0.15) is 18.3 Å². The van der Waals surface area contributed by atoms with Gasteiger partial charge in [-0.1, -0.05) is 27.7 Å². The second-order valence-corrected chi connectivity index (χ2v) is 8.57. The Labute approximate surface area is 127 Å². The molecule has 1 fully saturated rings. The molecule has 0 spiro atoms. The molecule has 0 unspecified atom stereocenters. The SMILES string of the molecule is CC(C)c1nn(CC(F)(F)F)cc1P1(=O)OCC(C)(C)CO1. The van der Waals surface area contributed by atoms with Crippen molar-refractivity contribution in [1.82, 2.24) is 9.78 Å². The van der Waals surface area contributed by atoms with Crippen LogP contribution in [0.2, 0.25) is 0 Å². The van der Waals surface area contributed by atoms with Gasteiger partial charge in [0.15, 0.2) is 0 Å². The van der Waals surface area contributed by atoms with Crippen LogP contribution < -0.4 is 5.30 Å². The minimum atomic E-state index is -4.40. The summed E-state index contributed by atoms with van der Waals surface area (Å²) in [6, 6.07) is 0. The van der Waals surface area contributed by atoms with Gasteiger partial charge in [0, 0.05) is 11.6 Å². The van der Waals surface area contributed by atoms with Gasteiger partial charge in [-0.3, -0.25) is 9.25 Å². The van der Waals surface area contributed by atoms with E-state index in [1.165, 1.54) is 0 Å². The number of rotatable bonds is 3. The summed E-state index contributed by atoms with van der Waals surface area (Å²) in [5.41, 5.74) is 0.0284. The summed E-state index contributed by atoms with van der Waals surface area (Å²) in [5.74, 6) is -0.197. The zero-order chi connectivity index (χ0) is 16.8. The van der Waals surface area contributed by atoms with Gasteiger partial charge in [0.05, 0.1) is 18.9 Å². The summed E-state index contributed by atoms with van der Waals surface area (Å²) in [6.07, 6.45) is -3.27. The first-order valence-electron chi connectivity index (χ1n) is 6.96. The van der Waals surface area contributed by atoms with Crippen LogP contribution in [0.25, 0.3) is 0 Å². The monoisotopic (exact) mass is 340 g/mol. The highest BCUT2D eigenvalue weighted by Gasteiger charge is 2.42. The third-order valence-corrected chi connectivity index (χ3v) is 5.08. The van der Waals surface area contributed by atoms with E-state index in [4.69, 9.17) is 9.05 Å². The molecule has 1 saturated heterocycles. The van der Waals surface area contributed by atoms with Crippen molar-refractivity contribution in [2.75, 3.05) is 13.2 Å². The Morgan fingerprint density at radius 2 is 1.91 bits per heavy atom. The van der Waals surface area contributed by atoms with Crippen LogP contribution in [0.15, 0.2) is 6.20 Å². The molecule has 0 bridgehead atoms. The lowest BCUT2D eigenvalue weighted by Crippen LogP contribution is -2.32. The standard InChI is InChI=1S/C13H20F3N2O3P/c1-9(2)11-10(5-18(17-11)6-13(14,15)16)22(19)20-7-12(3,4)8-21-22/h5,9H,6-8H2,1-4H3. The van der Waals surface area contributed by atoms with Crippen molar-refractivity contribution < 1.29 is 26.8 Å². The molecule has 0 aliphatic carbocycles. The Bertz CT molecular complexity index is 582. The first kappa shape index (κ1) is 17.5. The predicted octanol–water partition coefficient (Wildman–Crippen LogP) is 3.46. The number of aromatic nitrogens is 2. The molecular weight excluding hydrogens is 320 g/mol. The number of hydrogen-bond donors (Lipinski definition) is 0. The van der Waals surface area contributed by atoms with Crippen LogP contribution in [-0.4, -0.2) is 29.2 Å². The van der Waals surface area contributed by atoms with Gasteiger partial charge in [0.2, 0.25) is 0 Å². The molecule has 0 amide bonds. The molecule has 0 atom stereocenters. The number of hydrogen-bond acceptors (Lipinski definition) is 4. The van der Waals surface area contributed by atoms with Crippen molar-refractivity contribution in [2.45, 2.75) is 46.3 Å². The summed E-state index contributed by atoms with van der Waals surface area (Å²) < 4.78 is 62.0. The summed E-state index contributed by atoms with van der Waals surface area (Å²) in [4.78, 5) is 0. The Balaban J connectivity index is 2.35. The maximum absolute atomic E-state index is 12.8. The summed E-state index contributed by atoms with van der Waals surface area (Å²) in [6.45, 7) is 6.52. The maximum atomic E-state index is 12.8. The summed E-state index contributed by atoms with van der Waals surface area (Å²) >= 11 is 0.